The van der Waals surface area contributed by atoms with E-state index in [1.54, 1.807) is 0 Å². The van der Waals surface area contributed by atoms with Gasteiger partial charge in [0.2, 0.25) is 10.0 Å². The number of carboxylic acid groups (broad SMARTS) is 1. The molecule has 1 atom stereocenters. The Morgan fingerprint density at radius 1 is 1.10 bits per heavy atom. The van der Waals surface area contributed by atoms with E-state index in [4.69, 9.17) is 5.11 Å². The van der Waals surface area contributed by atoms with Crippen molar-refractivity contribution in [3.63, 3.8) is 0 Å². The molecule has 1 rings (SSSR count). The number of carbonyl (C=O) groups is 2. The van der Waals surface area contributed by atoms with Crippen molar-refractivity contribution >= 4 is 27.6 Å². The fraction of sp³-hybridized carbons (Fsp3) is 0.385. The molecule has 8 heteroatoms. The molecule has 0 aliphatic heterocycles. The first kappa shape index (κ1) is 17.0. The number of aliphatic carboxylic acids is 1. The van der Waals surface area contributed by atoms with Crippen molar-refractivity contribution in [1.82, 2.24) is 5.32 Å². The van der Waals surface area contributed by atoms with Crippen LogP contribution in [0.1, 0.15) is 31.1 Å². The molecule has 0 saturated carbocycles. The lowest BCUT2D eigenvalue weighted by molar-refractivity contribution is -0.136. The van der Waals surface area contributed by atoms with E-state index in [0.29, 0.717) is 5.56 Å². The van der Waals surface area contributed by atoms with Crippen LogP contribution in [0.4, 0.5) is 5.69 Å². The van der Waals surface area contributed by atoms with Gasteiger partial charge in [0.05, 0.1) is 0 Å². The van der Waals surface area contributed by atoms with Crippen LogP contribution in [0.5, 0.6) is 0 Å². The first-order valence-corrected chi connectivity index (χ1v) is 7.83. The highest BCUT2D eigenvalue weighted by molar-refractivity contribution is 7.94. The predicted octanol–water partition coefficient (Wildman–Crippen LogP) is 1.04. The molecule has 0 aromatic heterocycles. The molecule has 0 radical (unpaired) electrons. The third-order valence-electron chi connectivity index (χ3n) is 2.64. The van der Waals surface area contributed by atoms with Crippen LogP contribution in [0, 0.1) is 0 Å². The third-order valence-corrected chi connectivity index (χ3v) is 4.29. The lowest BCUT2D eigenvalue weighted by Crippen LogP contribution is -2.32. The SMILES string of the molecule is CC(C)NC(=O)c1ccc(NS(=O)(=O)C(C)C(=O)O)cc1. The topological polar surface area (TPSA) is 113 Å². The maximum atomic E-state index is 11.7. The number of carboxylic acids is 1. The maximum Gasteiger partial charge on any atom is 0.323 e. The molecule has 3 N–H and O–H groups in total. The zero-order valence-electron chi connectivity index (χ0n) is 12.0. The van der Waals surface area contributed by atoms with Crippen molar-refractivity contribution in [3.8, 4) is 0 Å². The molecule has 0 aliphatic rings. The molecular weight excluding hydrogens is 296 g/mol. The second kappa shape index (κ2) is 6.57. The van der Waals surface area contributed by atoms with E-state index in [2.05, 4.69) is 10.0 Å². The molecule has 0 heterocycles. The monoisotopic (exact) mass is 314 g/mol. The summed E-state index contributed by atoms with van der Waals surface area (Å²) in [7, 11) is -4.01. The van der Waals surface area contributed by atoms with E-state index in [0.717, 1.165) is 6.92 Å². The van der Waals surface area contributed by atoms with Gasteiger partial charge in [0.15, 0.2) is 5.25 Å². The van der Waals surface area contributed by atoms with Gasteiger partial charge in [0.25, 0.3) is 5.91 Å². The van der Waals surface area contributed by atoms with E-state index in [-0.39, 0.29) is 17.6 Å². The summed E-state index contributed by atoms with van der Waals surface area (Å²) in [6, 6.07) is 5.72. The Balaban J connectivity index is 2.84. The van der Waals surface area contributed by atoms with Crippen LogP contribution in [0.2, 0.25) is 0 Å². The molecule has 1 amide bonds. The van der Waals surface area contributed by atoms with Crippen LogP contribution in [0.15, 0.2) is 24.3 Å². The standard InChI is InChI=1S/C13H18N2O5S/c1-8(2)14-12(16)10-4-6-11(7-5-10)15-21(19,20)9(3)13(17)18/h4-9,15H,1-3H3,(H,14,16)(H,17,18). The molecule has 1 unspecified atom stereocenters. The van der Waals surface area contributed by atoms with Crippen molar-refractivity contribution in [1.29, 1.82) is 0 Å². The van der Waals surface area contributed by atoms with Gasteiger partial charge in [-0.25, -0.2) is 8.42 Å². The quantitative estimate of drug-likeness (QED) is 0.726. The summed E-state index contributed by atoms with van der Waals surface area (Å²) in [5, 5.41) is 9.86. The minimum atomic E-state index is -4.01. The van der Waals surface area contributed by atoms with Gasteiger partial charge in [-0.1, -0.05) is 0 Å². The second-order valence-electron chi connectivity index (χ2n) is 4.83. The molecule has 116 valence electrons. The summed E-state index contributed by atoms with van der Waals surface area (Å²) < 4.78 is 25.6. The Kier molecular flexibility index (Phi) is 5.31. The van der Waals surface area contributed by atoms with Gasteiger partial charge >= 0.3 is 5.97 Å². The minimum absolute atomic E-state index is 0.00732. The Labute approximate surface area is 123 Å². The lowest BCUT2D eigenvalue weighted by Gasteiger charge is -2.12. The molecule has 7 nitrogen and oxygen atoms in total. The zero-order valence-corrected chi connectivity index (χ0v) is 12.8. The van der Waals surface area contributed by atoms with Crippen molar-refractivity contribution in [2.45, 2.75) is 32.1 Å². The van der Waals surface area contributed by atoms with E-state index >= 15 is 0 Å². The van der Waals surface area contributed by atoms with E-state index in [1.165, 1.54) is 24.3 Å². The van der Waals surface area contributed by atoms with Gasteiger partial charge in [-0.2, -0.15) is 0 Å². The van der Waals surface area contributed by atoms with Gasteiger partial charge in [-0.05, 0) is 45.0 Å². The van der Waals surface area contributed by atoms with Crippen LogP contribution < -0.4 is 10.0 Å². The number of nitrogens with one attached hydrogen (secondary N) is 2. The highest BCUT2D eigenvalue weighted by atomic mass is 32.2. The van der Waals surface area contributed by atoms with Gasteiger partial charge < -0.3 is 10.4 Å². The normalized spacial score (nSPS) is 12.8. The van der Waals surface area contributed by atoms with E-state index in [9.17, 15) is 18.0 Å². The maximum absolute atomic E-state index is 11.7. The number of carbonyl (C=O) groups excluding carboxylic acids is 1. The number of amides is 1. The summed E-state index contributed by atoms with van der Waals surface area (Å²) in [5.41, 5.74) is 0.585. The summed E-state index contributed by atoms with van der Waals surface area (Å²) in [4.78, 5) is 22.4. The van der Waals surface area contributed by atoms with E-state index < -0.39 is 21.2 Å². The van der Waals surface area contributed by atoms with Gasteiger partial charge in [0.1, 0.15) is 0 Å². The van der Waals surface area contributed by atoms with Crippen molar-refractivity contribution < 1.29 is 23.1 Å². The number of rotatable bonds is 6. The van der Waals surface area contributed by atoms with Crippen molar-refractivity contribution in [2.24, 2.45) is 0 Å². The number of hydrogen-bond acceptors (Lipinski definition) is 4. The molecule has 0 spiro atoms. The average molecular weight is 314 g/mol. The highest BCUT2D eigenvalue weighted by Crippen LogP contribution is 2.14. The lowest BCUT2D eigenvalue weighted by atomic mass is 10.2. The highest BCUT2D eigenvalue weighted by Gasteiger charge is 2.27. The zero-order chi connectivity index (χ0) is 16.2. The summed E-state index contributed by atoms with van der Waals surface area (Å²) >= 11 is 0. The molecule has 1 aromatic rings. The predicted molar refractivity (Wildman–Crippen MR) is 78.7 cm³/mol. The van der Waals surface area contributed by atoms with Crippen LogP contribution >= 0.6 is 0 Å². The van der Waals surface area contributed by atoms with Crippen LogP contribution in [0.3, 0.4) is 0 Å². The first-order chi connectivity index (χ1) is 9.63. The summed E-state index contributed by atoms with van der Waals surface area (Å²) in [5.74, 6) is -1.70. The van der Waals surface area contributed by atoms with Crippen molar-refractivity contribution in [2.75, 3.05) is 4.72 Å². The number of hydrogen-bond donors (Lipinski definition) is 3. The molecule has 0 bridgehead atoms. The number of anilines is 1. The number of benzene rings is 1. The summed E-state index contributed by atoms with van der Waals surface area (Å²) in [6.45, 7) is 4.73. The van der Waals surface area contributed by atoms with Crippen LogP contribution in [0.25, 0.3) is 0 Å². The fourth-order valence-corrected chi connectivity index (χ4v) is 2.33. The van der Waals surface area contributed by atoms with Crippen LogP contribution in [-0.4, -0.2) is 36.7 Å². The Morgan fingerprint density at radius 3 is 2.05 bits per heavy atom. The summed E-state index contributed by atoms with van der Waals surface area (Å²) in [6.07, 6.45) is 0. The van der Waals surface area contributed by atoms with Crippen LogP contribution in [-0.2, 0) is 14.8 Å². The van der Waals surface area contributed by atoms with Gasteiger partial charge in [0, 0.05) is 17.3 Å². The third kappa shape index (κ3) is 4.75. The van der Waals surface area contributed by atoms with Gasteiger partial charge in [-0.3, -0.25) is 14.3 Å². The molecule has 0 aliphatic carbocycles. The number of sulfonamides is 1. The largest absolute Gasteiger partial charge is 0.480 e. The van der Waals surface area contributed by atoms with Gasteiger partial charge in [-0.15, -0.1) is 0 Å². The van der Waals surface area contributed by atoms with Crippen molar-refractivity contribution in [3.05, 3.63) is 29.8 Å². The van der Waals surface area contributed by atoms with E-state index in [1.807, 2.05) is 13.8 Å². The smallest absolute Gasteiger partial charge is 0.323 e. The molecule has 0 fully saturated rings. The minimum Gasteiger partial charge on any atom is -0.480 e. The molecule has 0 saturated heterocycles. The second-order valence-corrected chi connectivity index (χ2v) is 6.83. The Hall–Kier alpha value is -2.09. The molecular formula is C13H18N2O5S. The fourth-order valence-electron chi connectivity index (χ4n) is 1.42. The average Bonchev–Trinajstić information content (AvgIpc) is 2.37. The Morgan fingerprint density at radius 2 is 1.62 bits per heavy atom. The first-order valence-electron chi connectivity index (χ1n) is 6.29. The molecule has 1 aromatic carbocycles. The Bertz CT molecular complexity index is 622. The molecule has 21 heavy (non-hydrogen) atoms.